The summed E-state index contributed by atoms with van der Waals surface area (Å²) >= 11 is 6.53. The predicted molar refractivity (Wildman–Crippen MR) is 123 cm³/mol. The summed E-state index contributed by atoms with van der Waals surface area (Å²) in [6, 6.07) is 0.547. The Balaban J connectivity index is 1.30. The molecular weight excluding hydrogens is 431 g/mol. The van der Waals surface area contributed by atoms with E-state index in [-0.39, 0.29) is 6.04 Å². The zero-order valence-electron chi connectivity index (χ0n) is 17.9. The van der Waals surface area contributed by atoms with E-state index < -0.39 is 6.17 Å². The molecule has 32 heavy (non-hydrogen) atoms. The molecule has 1 unspecified atom stereocenters. The maximum absolute atomic E-state index is 15.1. The number of hydrogen-bond acceptors (Lipinski definition) is 5. The van der Waals surface area contributed by atoms with E-state index in [4.69, 9.17) is 16.3 Å². The second kappa shape index (κ2) is 8.32. The molecule has 3 fully saturated rings. The predicted octanol–water partition coefficient (Wildman–Crippen LogP) is 4.42. The SMILES string of the molecule is F[C@H]1CN(C2COC2)CCC1n1cc(-c2cnc3[nH]cc(Cl)c3c2NC2CCCC2)cn1. The van der Waals surface area contributed by atoms with Gasteiger partial charge in [0.05, 0.1) is 47.6 Å². The van der Waals surface area contributed by atoms with Gasteiger partial charge in [0.15, 0.2) is 0 Å². The largest absolute Gasteiger partial charge is 0.381 e. The van der Waals surface area contributed by atoms with Gasteiger partial charge in [0.2, 0.25) is 0 Å². The Morgan fingerprint density at radius 2 is 2.03 bits per heavy atom. The van der Waals surface area contributed by atoms with Crippen molar-refractivity contribution in [2.75, 3.05) is 31.6 Å². The highest BCUT2D eigenvalue weighted by molar-refractivity contribution is 6.36. The molecule has 7 nitrogen and oxygen atoms in total. The van der Waals surface area contributed by atoms with Gasteiger partial charge in [0.1, 0.15) is 11.8 Å². The molecule has 3 aromatic heterocycles. The van der Waals surface area contributed by atoms with E-state index in [0.717, 1.165) is 66.9 Å². The smallest absolute Gasteiger partial charge is 0.140 e. The van der Waals surface area contributed by atoms with Crippen LogP contribution in [-0.4, -0.2) is 69.2 Å². The van der Waals surface area contributed by atoms with Gasteiger partial charge in [-0.1, -0.05) is 24.4 Å². The van der Waals surface area contributed by atoms with Crippen LogP contribution in [0.3, 0.4) is 0 Å². The van der Waals surface area contributed by atoms with Crippen molar-refractivity contribution in [1.29, 1.82) is 0 Å². The lowest BCUT2D eigenvalue weighted by molar-refractivity contribution is -0.0847. The molecule has 170 valence electrons. The Morgan fingerprint density at radius 3 is 2.78 bits per heavy atom. The third-order valence-corrected chi connectivity index (χ3v) is 7.58. The van der Waals surface area contributed by atoms with Crippen LogP contribution in [0, 0.1) is 0 Å². The van der Waals surface area contributed by atoms with E-state index in [1.165, 1.54) is 12.8 Å². The minimum absolute atomic E-state index is 0.250. The van der Waals surface area contributed by atoms with Crippen molar-refractivity contribution < 1.29 is 9.13 Å². The molecule has 1 aliphatic carbocycles. The number of piperidine rings is 1. The highest BCUT2D eigenvalue weighted by Gasteiger charge is 2.36. The van der Waals surface area contributed by atoms with Crippen LogP contribution in [0.25, 0.3) is 22.2 Å². The summed E-state index contributed by atoms with van der Waals surface area (Å²) < 4.78 is 22.2. The van der Waals surface area contributed by atoms with E-state index in [1.54, 1.807) is 10.9 Å². The van der Waals surface area contributed by atoms with Gasteiger partial charge >= 0.3 is 0 Å². The number of alkyl halides is 1. The molecule has 2 N–H and O–H groups in total. The minimum atomic E-state index is -0.951. The Hall–Kier alpha value is -2.16. The first-order chi connectivity index (χ1) is 15.7. The number of hydrogen-bond donors (Lipinski definition) is 2. The number of rotatable bonds is 5. The second-order valence-electron chi connectivity index (χ2n) is 9.30. The van der Waals surface area contributed by atoms with Crippen molar-refractivity contribution in [3.63, 3.8) is 0 Å². The van der Waals surface area contributed by atoms with Gasteiger partial charge < -0.3 is 15.0 Å². The molecule has 0 bridgehead atoms. The Bertz CT molecular complexity index is 1110. The first kappa shape index (κ1) is 20.4. The van der Waals surface area contributed by atoms with E-state index >= 15 is 4.39 Å². The fourth-order valence-electron chi connectivity index (χ4n) is 5.34. The number of ether oxygens (including phenoxy) is 1. The first-order valence-electron chi connectivity index (χ1n) is 11.6. The van der Waals surface area contributed by atoms with Crippen LogP contribution < -0.4 is 5.32 Å². The Labute approximate surface area is 191 Å². The quantitative estimate of drug-likeness (QED) is 0.592. The van der Waals surface area contributed by atoms with Crippen molar-refractivity contribution >= 4 is 28.3 Å². The van der Waals surface area contributed by atoms with Gasteiger partial charge in [-0.25, -0.2) is 9.37 Å². The van der Waals surface area contributed by atoms with Crippen LogP contribution in [-0.2, 0) is 4.74 Å². The van der Waals surface area contributed by atoms with Gasteiger partial charge in [0.25, 0.3) is 0 Å². The van der Waals surface area contributed by atoms with Crippen molar-refractivity contribution in [3.8, 4) is 11.1 Å². The van der Waals surface area contributed by atoms with Crippen molar-refractivity contribution in [2.45, 2.75) is 56.4 Å². The van der Waals surface area contributed by atoms with E-state index in [0.29, 0.717) is 23.7 Å². The highest BCUT2D eigenvalue weighted by atomic mass is 35.5. The van der Waals surface area contributed by atoms with E-state index in [2.05, 4.69) is 25.3 Å². The third-order valence-electron chi connectivity index (χ3n) is 7.28. The monoisotopic (exact) mass is 458 g/mol. The number of likely N-dealkylation sites (tertiary alicyclic amines) is 1. The maximum Gasteiger partial charge on any atom is 0.140 e. The molecule has 0 spiro atoms. The van der Waals surface area contributed by atoms with E-state index in [1.807, 2.05) is 18.6 Å². The lowest BCUT2D eigenvalue weighted by Gasteiger charge is -2.42. The standard InChI is InChI=1S/C23H28ClFN6O/c24-18-9-27-23-21(18)22(29-15-3-1-2-4-15)17(8-26-23)14-7-28-31(10-14)20-5-6-30(11-19(20)25)16-12-32-13-16/h7-10,15-16,19-20H,1-6,11-13H2,(H2,26,27,29)/t19-,20?/m0/s1. The number of pyridine rings is 1. The summed E-state index contributed by atoms with van der Waals surface area (Å²) in [6.07, 6.45) is 12.0. The Kier molecular flexibility index (Phi) is 5.31. The summed E-state index contributed by atoms with van der Waals surface area (Å²) in [5.74, 6) is 0. The number of aromatic nitrogens is 4. The van der Waals surface area contributed by atoms with Crippen LogP contribution in [0.4, 0.5) is 10.1 Å². The molecule has 2 saturated heterocycles. The van der Waals surface area contributed by atoms with Crippen LogP contribution >= 0.6 is 11.6 Å². The van der Waals surface area contributed by atoms with Gasteiger partial charge in [-0.15, -0.1) is 0 Å². The van der Waals surface area contributed by atoms with Crippen LogP contribution in [0.15, 0.2) is 24.8 Å². The molecule has 3 aromatic rings. The summed E-state index contributed by atoms with van der Waals surface area (Å²) in [5, 5.41) is 9.86. The molecule has 0 amide bonds. The third kappa shape index (κ3) is 3.58. The second-order valence-corrected chi connectivity index (χ2v) is 9.71. The Morgan fingerprint density at radius 1 is 1.19 bits per heavy atom. The summed E-state index contributed by atoms with van der Waals surface area (Å²) in [6.45, 7) is 2.75. The van der Waals surface area contributed by atoms with Crippen LogP contribution in [0.1, 0.15) is 38.1 Å². The van der Waals surface area contributed by atoms with Crippen molar-refractivity contribution in [3.05, 3.63) is 29.8 Å². The maximum atomic E-state index is 15.1. The molecule has 2 aliphatic heterocycles. The average molecular weight is 459 g/mol. The number of H-pyrrole nitrogens is 1. The van der Waals surface area contributed by atoms with Crippen LogP contribution in [0.5, 0.6) is 0 Å². The molecule has 9 heteroatoms. The number of nitrogens with one attached hydrogen (secondary N) is 2. The average Bonchev–Trinajstić information content (AvgIpc) is 3.49. The number of halogens is 2. The van der Waals surface area contributed by atoms with E-state index in [9.17, 15) is 0 Å². The first-order valence-corrected chi connectivity index (χ1v) is 12.0. The molecule has 1 saturated carbocycles. The molecule has 5 heterocycles. The van der Waals surface area contributed by atoms with Gasteiger partial charge in [-0.2, -0.15) is 5.10 Å². The summed E-state index contributed by atoms with van der Waals surface area (Å²) in [4.78, 5) is 9.95. The molecule has 3 aliphatic rings. The summed E-state index contributed by atoms with van der Waals surface area (Å²) in [5.41, 5.74) is 3.64. The zero-order valence-corrected chi connectivity index (χ0v) is 18.7. The normalized spacial score (nSPS) is 25.4. The molecule has 0 aromatic carbocycles. The zero-order chi connectivity index (χ0) is 21.7. The van der Waals surface area contributed by atoms with Gasteiger partial charge in [-0.05, 0) is 19.3 Å². The lowest BCUT2D eigenvalue weighted by Crippen LogP contribution is -2.55. The number of aromatic amines is 1. The highest BCUT2D eigenvalue weighted by Crippen LogP contribution is 2.39. The number of fused-ring (bicyclic) bond motifs is 1. The fourth-order valence-corrected chi connectivity index (χ4v) is 5.58. The lowest BCUT2D eigenvalue weighted by atomic mass is 10.0. The van der Waals surface area contributed by atoms with Crippen molar-refractivity contribution in [2.24, 2.45) is 0 Å². The molecule has 6 rings (SSSR count). The fraction of sp³-hybridized carbons (Fsp3) is 0.565. The summed E-state index contributed by atoms with van der Waals surface area (Å²) in [7, 11) is 0. The number of nitrogens with zero attached hydrogens (tertiary/aromatic N) is 4. The minimum Gasteiger partial charge on any atom is -0.381 e. The van der Waals surface area contributed by atoms with Gasteiger partial charge in [-0.3, -0.25) is 9.58 Å². The van der Waals surface area contributed by atoms with Crippen molar-refractivity contribution in [1.82, 2.24) is 24.6 Å². The molecule has 2 atom stereocenters. The van der Waals surface area contributed by atoms with Gasteiger partial charge in [0, 0.05) is 48.8 Å². The topological polar surface area (TPSA) is 71.0 Å². The molecular formula is C23H28ClFN6O. The number of anilines is 1. The molecule has 0 radical (unpaired) electrons. The van der Waals surface area contributed by atoms with Crippen LogP contribution in [0.2, 0.25) is 5.02 Å².